The van der Waals surface area contributed by atoms with E-state index in [1.54, 1.807) is 0 Å². The number of nitrogens with two attached hydrogens (primary N) is 2. The van der Waals surface area contributed by atoms with Crippen LogP contribution in [0.1, 0.15) is 32.1 Å². The average molecular weight is 408 g/mol. The molecule has 4 amide bonds. The zero-order valence-corrected chi connectivity index (χ0v) is 15.4. The number of nitrogens with zero attached hydrogens (tertiary/aromatic N) is 2. The van der Waals surface area contributed by atoms with E-state index in [1.807, 2.05) is 0 Å². The van der Waals surface area contributed by atoms with Crippen molar-refractivity contribution in [1.82, 2.24) is 20.8 Å². The monoisotopic (exact) mass is 408 g/mol. The minimum atomic E-state index is -4.86. The van der Waals surface area contributed by atoms with Gasteiger partial charge in [0.15, 0.2) is 0 Å². The van der Waals surface area contributed by atoms with Crippen LogP contribution in [-0.4, -0.2) is 72.0 Å². The maximum atomic E-state index is 12.3. The highest BCUT2D eigenvalue weighted by Gasteiger charge is 2.49. The number of hydroxylamine groups is 2. The molecule has 0 spiro atoms. The van der Waals surface area contributed by atoms with E-state index in [9.17, 15) is 22.8 Å². The van der Waals surface area contributed by atoms with Gasteiger partial charge in [-0.05, 0) is 32.2 Å². The van der Waals surface area contributed by atoms with Gasteiger partial charge < -0.3 is 16.4 Å². The molecule has 0 aromatic heterocycles. The summed E-state index contributed by atoms with van der Waals surface area (Å²) in [6.45, 7) is 0.551. The lowest BCUT2D eigenvalue weighted by Crippen LogP contribution is -2.56. The van der Waals surface area contributed by atoms with Gasteiger partial charge in [0, 0.05) is 6.54 Å². The minimum absolute atomic E-state index is 0.0546. The highest BCUT2D eigenvalue weighted by atomic mass is 32.3. The van der Waals surface area contributed by atoms with Crippen molar-refractivity contribution in [3.8, 4) is 0 Å². The molecule has 0 saturated carbocycles. The predicted octanol–water partition coefficient (Wildman–Crippen LogP) is -2.41. The molecule has 0 radical (unpaired) electrons. The van der Waals surface area contributed by atoms with Crippen LogP contribution in [0.25, 0.3) is 0 Å². The van der Waals surface area contributed by atoms with Crippen molar-refractivity contribution in [2.45, 2.75) is 50.2 Å². The third-order valence-electron chi connectivity index (χ3n) is 4.41. The minimum Gasteiger partial charge on any atom is -0.330 e. The van der Waals surface area contributed by atoms with E-state index in [4.69, 9.17) is 16.0 Å². The molecule has 14 heteroatoms. The van der Waals surface area contributed by atoms with Crippen LogP contribution >= 0.6 is 0 Å². The maximum absolute atomic E-state index is 12.3. The van der Waals surface area contributed by atoms with E-state index < -0.39 is 46.4 Å². The predicted molar refractivity (Wildman–Crippen MR) is 90.6 cm³/mol. The molecule has 0 aromatic carbocycles. The van der Waals surface area contributed by atoms with Crippen LogP contribution < -0.4 is 22.3 Å². The SMILES string of the molecule is NCCCC[C@H](N)C(=O)NNC(=O)[C@H]1CC[C@@H]2CN1C(=O)N2OS(=O)(=O)O. The standard InChI is InChI=1S/C13H24N6O7S/c14-6-2-1-3-9(15)11(20)16-17-12(21)10-5-4-8-7-18(10)13(22)19(8)26-27(23,24)25/h8-10H,1-7,14-15H2,(H,16,20)(H,17,21)(H,23,24,25)/t8-,9+,10-/m1/s1. The van der Waals surface area contributed by atoms with Crippen molar-refractivity contribution < 1.29 is 31.6 Å². The first-order valence-electron chi connectivity index (χ1n) is 8.46. The summed E-state index contributed by atoms with van der Waals surface area (Å²) < 4.78 is 34.7. The number of hydrogen-bond donors (Lipinski definition) is 5. The maximum Gasteiger partial charge on any atom is 0.418 e. The van der Waals surface area contributed by atoms with Gasteiger partial charge in [0.2, 0.25) is 0 Å². The third kappa shape index (κ3) is 5.49. The van der Waals surface area contributed by atoms with Crippen LogP contribution in [0.4, 0.5) is 4.79 Å². The number of unbranched alkanes of at least 4 members (excludes halogenated alkanes) is 1. The van der Waals surface area contributed by atoms with Gasteiger partial charge in [-0.3, -0.25) is 25.0 Å². The second-order valence-electron chi connectivity index (χ2n) is 6.38. The van der Waals surface area contributed by atoms with Crippen molar-refractivity contribution in [1.29, 1.82) is 0 Å². The first-order chi connectivity index (χ1) is 12.6. The average Bonchev–Trinajstić information content (AvgIpc) is 2.83. The summed E-state index contributed by atoms with van der Waals surface area (Å²) in [4.78, 5) is 37.5. The molecule has 27 heavy (non-hydrogen) atoms. The molecule has 7 N–H and O–H groups in total. The fraction of sp³-hybridized carbons (Fsp3) is 0.769. The molecule has 2 aliphatic heterocycles. The summed E-state index contributed by atoms with van der Waals surface area (Å²) >= 11 is 0. The van der Waals surface area contributed by atoms with Crippen molar-refractivity contribution in [3.63, 3.8) is 0 Å². The number of hydrogen-bond acceptors (Lipinski definition) is 8. The number of rotatable bonds is 8. The summed E-state index contributed by atoms with van der Waals surface area (Å²) in [7, 11) is -4.86. The Balaban J connectivity index is 1.87. The van der Waals surface area contributed by atoms with Crippen LogP contribution in [0.5, 0.6) is 0 Å². The Labute approximate surface area is 156 Å². The molecule has 2 saturated heterocycles. The molecule has 2 heterocycles. The first-order valence-corrected chi connectivity index (χ1v) is 9.82. The molecule has 154 valence electrons. The Kier molecular flexibility index (Phi) is 6.94. The number of nitrogens with one attached hydrogen (secondary N) is 2. The number of piperidine rings is 1. The first kappa shape index (κ1) is 21.3. The van der Waals surface area contributed by atoms with Crippen LogP contribution in [0.2, 0.25) is 0 Å². The molecule has 2 rings (SSSR count). The Morgan fingerprint density at radius 2 is 2.00 bits per heavy atom. The molecule has 13 nitrogen and oxygen atoms in total. The zero-order chi connectivity index (χ0) is 20.2. The Bertz CT molecular complexity index is 687. The van der Waals surface area contributed by atoms with E-state index in [0.29, 0.717) is 24.4 Å². The summed E-state index contributed by atoms with van der Waals surface area (Å²) in [5, 5.41) is 0.536. The summed E-state index contributed by atoms with van der Waals surface area (Å²) in [5.74, 6) is -1.21. The van der Waals surface area contributed by atoms with Gasteiger partial charge in [-0.15, -0.1) is 4.28 Å². The number of carbonyl (C=O) groups is 3. The van der Waals surface area contributed by atoms with Crippen LogP contribution in [-0.2, 0) is 24.3 Å². The molecule has 0 aliphatic carbocycles. The molecule has 3 atom stereocenters. The van der Waals surface area contributed by atoms with Gasteiger partial charge in [-0.25, -0.2) is 4.79 Å². The molecule has 0 aromatic rings. The molecular weight excluding hydrogens is 384 g/mol. The number of fused-ring (bicyclic) bond motifs is 2. The van der Waals surface area contributed by atoms with Crippen LogP contribution in [0.15, 0.2) is 0 Å². The molecule has 0 unspecified atom stereocenters. The lowest BCUT2D eigenvalue weighted by molar-refractivity contribution is -0.132. The van der Waals surface area contributed by atoms with E-state index >= 15 is 0 Å². The summed E-state index contributed by atoms with van der Waals surface area (Å²) in [5.41, 5.74) is 15.5. The lowest BCUT2D eigenvalue weighted by atomic mass is 10.0. The van der Waals surface area contributed by atoms with E-state index in [1.165, 1.54) is 0 Å². The topological polar surface area (TPSA) is 197 Å². The number of amides is 4. The Hall–Kier alpha value is -2.00. The second-order valence-corrected chi connectivity index (χ2v) is 7.38. The quantitative estimate of drug-likeness (QED) is 0.165. The lowest BCUT2D eigenvalue weighted by Gasteiger charge is -2.29. The fourth-order valence-corrected chi connectivity index (χ4v) is 3.43. The normalized spacial score (nSPS) is 23.3. The van der Waals surface area contributed by atoms with Crippen LogP contribution in [0.3, 0.4) is 0 Å². The molecule has 2 fully saturated rings. The zero-order valence-electron chi connectivity index (χ0n) is 14.5. The summed E-state index contributed by atoms with van der Waals surface area (Å²) in [6.07, 6.45) is 2.33. The van der Waals surface area contributed by atoms with Crippen molar-refractivity contribution in [3.05, 3.63) is 0 Å². The smallest absolute Gasteiger partial charge is 0.330 e. The van der Waals surface area contributed by atoms with Crippen molar-refractivity contribution in [2.24, 2.45) is 11.5 Å². The van der Waals surface area contributed by atoms with E-state index in [0.717, 1.165) is 11.3 Å². The van der Waals surface area contributed by atoms with Crippen molar-refractivity contribution in [2.75, 3.05) is 13.1 Å². The molecule has 2 aliphatic rings. The highest BCUT2D eigenvalue weighted by Crippen LogP contribution is 2.30. The van der Waals surface area contributed by atoms with Gasteiger partial charge >= 0.3 is 16.4 Å². The summed E-state index contributed by atoms with van der Waals surface area (Å²) in [6, 6.07) is -3.19. The number of hydrazine groups is 1. The Morgan fingerprint density at radius 1 is 1.30 bits per heavy atom. The van der Waals surface area contributed by atoms with Gasteiger partial charge in [-0.1, -0.05) is 6.42 Å². The van der Waals surface area contributed by atoms with E-state index in [2.05, 4.69) is 15.1 Å². The highest BCUT2D eigenvalue weighted by molar-refractivity contribution is 7.80. The van der Waals surface area contributed by atoms with Crippen LogP contribution in [0, 0.1) is 0 Å². The van der Waals surface area contributed by atoms with Gasteiger partial charge in [-0.2, -0.15) is 13.5 Å². The second kappa shape index (κ2) is 8.79. The third-order valence-corrected chi connectivity index (χ3v) is 4.76. The Morgan fingerprint density at radius 3 is 2.63 bits per heavy atom. The van der Waals surface area contributed by atoms with Gasteiger partial charge in [0.25, 0.3) is 11.8 Å². The largest absolute Gasteiger partial charge is 0.418 e. The van der Waals surface area contributed by atoms with E-state index in [-0.39, 0.29) is 19.4 Å². The molecule has 2 bridgehead atoms. The van der Waals surface area contributed by atoms with Gasteiger partial charge in [0.1, 0.15) is 6.04 Å². The van der Waals surface area contributed by atoms with Gasteiger partial charge in [0.05, 0.1) is 12.1 Å². The number of carbonyl (C=O) groups excluding carboxylic acids is 3. The number of urea groups is 1. The molecular formula is C13H24N6O7S. The fourth-order valence-electron chi connectivity index (χ4n) is 3.04. The van der Waals surface area contributed by atoms with Crippen molar-refractivity contribution >= 4 is 28.2 Å².